The van der Waals surface area contributed by atoms with Gasteiger partial charge in [-0.05, 0) is 42.2 Å². The molecule has 0 bridgehead atoms. The third-order valence-electron chi connectivity index (χ3n) is 3.59. The lowest BCUT2D eigenvalue weighted by Crippen LogP contribution is -2.25. The summed E-state index contributed by atoms with van der Waals surface area (Å²) in [6.45, 7) is 3.21. The molecule has 2 N–H and O–H groups in total. The number of rotatable bonds is 2. The molecule has 0 fully saturated rings. The minimum absolute atomic E-state index is 0. The Bertz CT molecular complexity index is 546. The van der Waals surface area contributed by atoms with Crippen LogP contribution in [0, 0.1) is 0 Å². The van der Waals surface area contributed by atoms with Crippen LogP contribution in [-0.2, 0) is 19.4 Å². The van der Waals surface area contributed by atoms with Crippen molar-refractivity contribution in [2.45, 2.75) is 19.4 Å². The highest BCUT2D eigenvalue weighted by atomic mass is 79.9. The van der Waals surface area contributed by atoms with Crippen molar-refractivity contribution in [3.05, 3.63) is 51.4 Å². The predicted octanol–water partition coefficient (Wildman–Crippen LogP) is 4.74. The monoisotopic (exact) mass is 452 g/mol. The topological polar surface area (TPSA) is 29.3 Å². The van der Waals surface area contributed by atoms with E-state index in [9.17, 15) is 0 Å². The molecule has 2 nitrogen and oxygen atoms in total. The molecule has 0 spiro atoms. The van der Waals surface area contributed by atoms with E-state index in [4.69, 9.17) is 17.3 Å². The molecule has 0 radical (unpaired) electrons. The predicted molar refractivity (Wildman–Crippen MR) is 104 cm³/mol. The molecule has 3 rings (SSSR count). The number of hydrogen-bond acceptors (Lipinski definition) is 3. The van der Waals surface area contributed by atoms with Gasteiger partial charge in [-0.1, -0.05) is 23.7 Å². The van der Waals surface area contributed by atoms with Gasteiger partial charge in [0.05, 0.1) is 5.00 Å². The second kappa shape index (κ2) is 8.53. The number of thiophene rings is 1. The number of fused-ring (bicyclic) bond motifs is 1. The largest absolute Gasteiger partial charge is 0.391 e. The molecule has 1 aromatic carbocycles. The molecule has 2 heterocycles. The van der Waals surface area contributed by atoms with Gasteiger partial charge in [0.2, 0.25) is 0 Å². The molecular weight excluding hydrogens is 436 g/mol. The van der Waals surface area contributed by atoms with Gasteiger partial charge in [0.1, 0.15) is 0 Å². The van der Waals surface area contributed by atoms with Gasteiger partial charge in [-0.3, -0.25) is 4.90 Å². The molecule has 6 heteroatoms. The van der Waals surface area contributed by atoms with Gasteiger partial charge in [-0.15, -0.1) is 45.3 Å². The zero-order valence-corrected chi connectivity index (χ0v) is 16.5. The molecule has 0 unspecified atom stereocenters. The summed E-state index contributed by atoms with van der Waals surface area (Å²) in [5, 5.41) is 1.76. The van der Waals surface area contributed by atoms with Gasteiger partial charge >= 0.3 is 0 Å². The Hall–Kier alpha value is -0.0700. The van der Waals surface area contributed by atoms with Crippen molar-refractivity contribution in [2.24, 2.45) is 0 Å². The Labute approximate surface area is 155 Å². The van der Waals surface area contributed by atoms with Crippen LogP contribution in [0.25, 0.3) is 0 Å². The minimum Gasteiger partial charge on any atom is -0.391 e. The van der Waals surface area contributed by atoms with Crippen LogP contribution in [-0.4, -0.2) is 18.0 Å². The van der Waals surface area contributed by atoms with Crippen molar-refractivity contribution in [3.8, 4) is 0 Å². The standard InChI is InChI=1S/C15H17ClN2S.2BrH/c16-13-3-1-11(2-4-13)10-18-7-5-12-9-15(17)19-14(12)6-8-18;;/h1-4,9H,5-8,10,17H2;2*1H. The maximum Gasteiger partial charge on any atom is 0.0862 e. The van der Waals surface area contributed by atoms with E-state index in [0.29, 0.717) is 0 Å². The van der Waals surface area contributed by atoms with E-state index in [0.717, 1.165) is 42.5 Å². The van der Waals surface area contributed by atoms with E-state index in [1.807, 2.05) is 12.1 Å². The van der Waals surface area contributed by atoms with Crippen LogP contribution in [0.15, 0.2) is 30.3 Å². The fourth-order valence-corrected chi connectivity index (χ4v) is 3.67. The fourth-order valence-electron chi connectivity index (χ4n) is 2.57. The first-order valence-electron chi connectivity index (χ1n) is 6.54. The van der Waals surface area contributed by atoms with Crippen LogP contribution in [0.1, 0.15) is 16.0 Å². The van der Waals surface area contributed by atoms with Gasteiger partial charge < -0.3 is 5.73 Å². The summed E-state index contributed by atoms with van der Waals surface area (Å²) in [7, 11) is 0. The second-order valence-electron chi connectivity index (χ2n) is 5.00. The highest BCUT2D eigenvalue weighted by Crippen LogP contribution is 2.28. The molecule has 0 saturated heterocycles. The fraction of sp³-hybridized carbons (Fsp3) is 0.333. The summed E-state index contributed by atoms with van der Waals surface area (Å²) < 4.78 is 0. The normalized spacial score (nSPS) is 14.5. The first-order valence-corrected chi connectivity index (χ1v) is 7.74. The molecule has 0 atom stereocenters. The van der Waals surface area contributed by atoms with E-state index in [1.165, 1.54) is 16.0 Å². The van der Waals surface area contributed by atoms with Crippen molar-refractivity contribution in [3.63, 3.8) is 0 Å². The molecule has 0 saturated carbocycles. The van der Waals surface area contributed by atoms with Crippen molar-refractivity contribution in [1.82, 2.24) is 4.90 Å². The van der Waals surface area contributed by atoms with Crippen LogP contribution in [0.2, 0.25) is 5.02 Å². The maximum atomic E-state index is 5.92. The first-order chi connectivity index (χ1) is 9.20. The highest BCUT2D eigenvalue weighted by molar-refractivity contribution is 8.93. The van der Waals surface area contributed by atoms with Crippen molar-refractivity contribution in [1.29, 1.82) is 0 Å². The molecule has 1 aliphatic heterocycles. The number of benzene rings is 1. The number of anilines is 1. The van der Waals surface area contributed by atoms with Crippen LogP contribution in [0.5, 0.6) is 0 Å². The summed E-state index contributed by atoms with van der Waals surface area (Å²) >= 11 is 7.66. The number of nitrogens with zero attached hydrogens (tertiary/aromatic N) is 1. The lowest BCUT2D eigenvalue weighted by atomic mass is 10.2. The number of nitrogens with two attached hydrogens (primary N) is 1. The smallest absolute Gasteiger partial charge is 0.0862 e. The van der Waals surface area contributed by atoms with E-state index in [2.05, 4.69) is 23.1 Å². The Morgan fingerprint density at radius 1 is 1.10 bits per heavy atom. The molecule has 0 aliphatic carbocycles. The molecule has 2 aromatic rings. The molecule has 1 aromatic heterocycles. The summed E-state index contributed by atoms with van der Waals surface area (Å²) in [4.78, 5) is 3.97. The summed E-state index contributed by atoms with van der Waals surface area (Å²) in [5.41, 5.74) is 8.65. The summed E-state index contributed by atoms with van der Waals surface area (Å²) in [6.07, 6.45) is 2.22. The van der Waals surface area contributed by atoms with Crippen molar-refractivity contribution in [2.75, 3.05) is 18.8 Å². The average molecular weight is 455 g/mol. The lowest BCUT2D eigenvalue weighted by Gasteiger charge is -2.19. The Balaban J connectivity index is 0.00000110. The summed E-state index contributed by atoms with van der Waals surface area (Å²) in [5.74, 6) is 0. The average Bonchev–Trinajstić information content (AvgIpc) is 2.66. The zero-order valence-electron chi connectivity index (χ0n) is 11.5. The van der Waals surface area contributed by atoms with Gasteiger partial charge in [-0.2, -0.15) is 0 Å². The zero-order chi connectivity index (χ0) is 13.2. The van der Waals surface area contributed by atoms with Crippen molar-refractivity contribution >= 4 is 61.9 Å². The van der Waals surface area contributed by atoms with E-state index in [-0.39, 0.29) is 34.0 Å². The first kappa shape index (κ1) is 19.0. The Morgan fingerprint density at radius 2 is 1.76 bits per heavy atom. The molecule has 1 aliphatic rings. The quantitative estimate of drug-likeness (QED) is 0.710. The van der Waals surface area contributed by atoms with Gasteiger partial charge in [0.25, 0.3) is 0 Å². The third-order valence-corrected chi connectivity index (χ3v) is 4.91. The lowest BCUT2D eigenvalue weighted by molar-refractivity contribution is 0.279. The van der Waals surface area contributed by atoms with Crippen LogP contribution < -0.4 is 5.73 Å². The van der Waals surface area contributed by atoms with Gasteiger partial charge in [0.15, 0.2) is 0 Å². The summed E-state index contributed by atoms with van der Waals surface area (Å²) in [6, 6.07) is 10.3. The maximum absolute atomic E-state index is 5.92. The van der Waals surface area contributed by atoms with Crippen LogP contribution in [0.3, 0.4) is 0 Å². The number of hydrogen-bond donors (Lipinski definition) is 1. The van der Waals surface area contributed by atoms with Crippen LogP contribution >= 0.6 is 56.9 Å². The SMILES string of the molecule is Br.Br.Nc1cc2c(s1)CCN(Cc1ccc(Cl)cc1)CC2. The minimum atomic E-state index is 0. The molecular formula is C15H19Br2ClN2S. The second-order valence-corrected chi connectivity index (χ2v) is 6.60. The van der Waals surface area contributed by atoms with E-state index >= 15 is 0 Å². The molecule has 116 valence electrons. The highest BCUT2D eigenvalue weighted by Gasteiger charge is 2.16. The Kier molecular flexibility index (Phi) is 7.71. The van der Waals surface area contributed by atoms with E-state index in [1.54, 1.807) is 11.3 Å². The Morgan fingerprint density at radius 3 is 2.48 bits per heavy atom. The van der Waals surface area contributed by atoms with Gasteiger partial charge in [0, 0.05) is 29.5 Å². The number of halogens is 3. The molecule has 0 amide bonds. The number of nitrogen functional groups attached to an aromatic ring is 1. The van der Waals surface area contributed by atoms with Gasteiger partial charge in [-0.25, -0.2) is 0 Å². The third kappa shape index (κ3) is 4.96. The van der Waals surface area contributed by atoms with E-state index < -0.39 is 0 Å². The molecule has 21 heavy (non-hydrogen) atoms. The van der Waals surface area contributed by atoms with Crippen molar-refractivity contribution < 1.29 is 0 Å². The van der Waals surface area contributed by atoms with Crippen LogP contribution in [0.4, 0.5) is 5.00 Å².